The first-order valence-corrected chi connectivity index (χ1v) is 6.24. The minimum Gasteiger partial charge on any atom is -0.464 e. The smallest absolute Gasteiger partial charge is 0.353 e. The summed E-state index contributed by atoms with van der Waals surface area (Å²) in [7, 11) is 1.35. The van der Waals surface area contributed by atoms with E-state index in [0.29, 0.717) is 12.1 Å². The van der Waals surface area contributed by atoms with Crippen molar-refractivity contribution in [3.05, 3.63) is 47.7 Å². The van der Waals surface area contributed by atoms with Crippen LogP contribution in [0.25, 0.3) is 0 Å². The summed E-state index contributed by atoms with van der Waals surface area (Å²) >= 11 is 0. The second kappa shape index (κ2) is 5.69. The molecule has 1 aliphatic rings. The van der Waals surface area contributed by atoms with E-state index in [1.165, 1.54) is 7.11 Å². The number of carbonyl (C=O) groups excluding carboxylic acids is 2. The van der Waals surface area contributed by atoms with Gasteiger partial charge >= 0.3 is 5.97 Å². The topological polar surface area (TPSA) is 55.4 Å². The van der Waals surface area contributed by atoms with Crippen molar-refractivity contribution in [2.75, 3.05) is 7.11 Å². The van der Waals surface area contributed by atoms with Crippen LogP contribution in [0.2, 0.25) is 0 Å². The number of esters is 1. The van der Waals surface area contributed by atoms with Crippen LogP contribution < -0.4 is 5.32 Å². The van der Waals surface area contributed by atoms with E-state index < -0.39 is 5.97 Å². The van der Waals surface area contributed by atoms with Crippen LogP contribution in [0.4, 0.5) is 0 Å². The maximum Gasteiger partial charge on any atom is 0.353 e. The Morgan fingerprint density at radius 2 is 1.95 bits per heavy atom. The van der Waals surface area contributed by atoms with Gasteiger partial charge in [-0.2, -0.15) is 0 Å². The van der Waals surface area contributed by atoms with Gasteiger partial charge in [-0.3, -0.25) is 4.79 Å². The number of rotatable bonds is 3. The van der Waals surface area contributed by atoms with E-state index in [4.69, 9.17) is 4.74 Å². The molecule has 1 aromatic rings. The van der Waals surface area contributed by atoms with Crippen LogP contribution in [-0.4, -0.2) is 18.9 Å². The van der Waals surface area contributed by atoms with Crippen molar-refractivity contribution in [2.24, 2.45) is 5.92 Å². The molecule has 2 rings (SSSR count). The van der Waals surface area contributed by atoms with Crippen LogP contribution in [0.3, 0.4) is 0 Å². The second-order valence-corrected chi connectivity index (χ2v) is 4.59. The van der Waals surface area contributed by atoms with Gasteiger partial charge in [0.05, 0.1) is 13.2 Å². The van der Waals surface area contributed by atoms with Gasteiger partial charge in [-0.1, -0.05) is 36.4 Å². The van der Waals surface area contributed by atoms with Gasteiger partial charge in [-0.15, -0.1) is 0 Å². The first-order valence-electron chi connectivity index (χ1n) is 6.24. The van der Waals surface area contributed by atoms with E-state index in [0.717, 1.165) is 5.56 Å². The number of allylic oxidation sites excluding steroid dienone is 1. The fourth-order valence-electron chi connectivity index (χ4n) is 2.34. The van der Waals surface area contributed by atoms with Gasteiger partial charge in [-0.25, -0.2) is 4.79 Å². The number of carbonyl (C=O) groups is 2. The molecule has 1 aromatic carbocycles. The molecule has 0 saturated heterocycles. The highest BCUT2D eigenvalue weighted by atomic mass is 16.5. The molecule has 1 N–H and O–H groups in total. The van der Waals surface area contributed by atoms with E-state index in [2.05, 4.69) is 5.32 Å². The van der Waals surface area contributed by atoms with Crippen LogP contribution >= 0.6 is 0 Å². The van der Waals surface area contributed by atoms with E-state index in [1.807, 2.05) is 30.3 Å². The molecule has 0 aromatic heterocycles. The molecule has 1 heterocycles. The molecule has 0 bridgehead atoms. The highest BCUT2D eigenvalue weighted by Gasteiger charge is 2.31. The molecule has 4 nitrogen and oxygen atoms in total. The lowest BCUT2D eigenvalue weighted by Gasteiger charge is -2.31. The van der Waals surface area contributed by atoms with Crippen LogP contribution in [-0.2, 0) is 14.3 Å². The standard InChI is InChI=1S/C15H17NO3/c1-10(17)12-8-9-13(15(18)19-2)16-14(12)11-6-4-3-5-7-11/h3-7,9,12,14,16H,8H2,1-2H3/t12-,14+/m1/s1. The van der Waals surface area contributed by atoms with Gasteiger partial charge in [0.15, 0.2) is 0 Å². The average Bonchev–Trinajstić information content (AvgIpc) is 2.46. The van der Waals surface area contributed by atoms with E-state index >= 15 is 0 Å². The molecule has 0 aliphatic carbocycles. The lowest BCUT2D eigenvalue weighted by Crippen LogP contribution is -2.37. The number of methoxy groups -OCH3 is 1. The third-order valence-electron chi connectivity index (χ3n) is 3.38. The van der Waals surface area contributed by atoms with Crippen molar-refractivity contribution in [1.29, 1.82) is 0 Å². The molecule has 0 unspecified atom stereocenters. The predicted molar refractivity (Wildman–Crippen MR) is 71.2 cm³/mol. The van der Waals surface area contributed by atoms with E-state index in [1.54, 1.807) is 13.0 Å². The summed E-state index contributed by atoms with van der Waals surface area (Å²) in [4.78, 5) is 23.3. The first kappa shape index (κ1) is 13.3. The van der Waals surface area contributed by atoms with Crippen molar-refractivity contribution >= 4 is 11.8 Å². The summed E-state index contributed by atoms with van der Waals surface area (Å²) in [6.07, 6.45) is 2.28. The number of hydrogen-bond donors (Lipinski definition) is 1. The fourth-order valence-corrected chi connectivity index (χ4v) is 2.34. The van der Waals surface area contributed by atoms with E-state index in [-0.39, 0.29) is 17.7 Å². The fraction of sp³-hybridized carbons (Fsp3) is 0.333. The molecule has 4 heteroatoms. The Hall–Kier alpha value is -2.10. The molecule has 100 valence electrons. The Balaban J connectivity index is 2.30. The molecule has 0 radical (unpaired) electrons. The predicted octanol–water partition coefficient (Wildman–Crippen LogP) is 1.98. The van der Waals surface area contributed by atoms with Gasteiger partial charge in [0, 0.05) is 5.92 Å². The van der Waals surface area contributed by atoms with E-state index in [9.17, 15) is 9.59 Å². The summed E-state index contributed by atoms with van der Waals surface area (Å²) in [5, 5.41) is 3.12. The Bertz CT molecular complexity index is 507. The molecule has 0 amide bonds. The summed E-state index contributed by atoms with van der Waals surface area (Å²) in [5.41, 5.74) is 1.42. The third kappa shape index (κ3) is 2.84. The molecule has 0 spiro atoms. The van der Waals surface area contributed by atoms with Crippen molar-refractivity contribution in [3.63, 3.8) is 0 Å². The quantitative estimate of drug-likeness (QED) is 0.843. The largest absolute Gasteiger partial charge is 0.464 e. The summed E-state index contributed by atoms with van der Waals surface area (Å²) in [5.74, 6) is -0.444. The molecular formula is C15H17NO3. The van der Waals surface area contributed by atoms with Crippen LogP contribution in [0.1, 0.15) is 24.9 Å². The molecule has 0 saturated carbocycles. The lowest BCUT2D eigenvalue weighted by atomic mass is 9.84. The van der Waals surface area contributed by atoms with Crippen LogP contribution in [0.15, 0.2) is 42.1 Å². The Labute approximate surface area is 112 Å². The number of Topliss-reactive ketones (excluding diaryl/α,β-unsaturated/α-hetero) is 1. The summed E-state index contributed by atoms with van der Waals surface area (Å²) in [6, 6.07) is 9.49. The number of ketones is 1. The monoisotopic (exact) mass is 259 g/mol. The van der Waals surface area contributed by atoms with Crippen molar-refractivity contribution < 1.29 is 14.3 Å². The zero-order valence-corrected chi connectivity index (χ0v) is 11.1. The zero-order valence-electron chi connectivity index (χ0n) is 11.1. The summed E-state index contributed by atoms with van der Waals surface area (Å²) < 4.78 is 4.71. The number of hydrogen-bond acceptors (Lipinski definition) is 4. The van der Waals surface area contributed by atoms with Gasteiger partial charge in [0.1, 0.15) is 11.5 Å². The number of benzene rings is 1. The Kier molecular flexibility index (Phi) is 4.00. The maximum absolute atomic E-state index is 11.7. The molecule has 0 fully saturated rings. The molecule has 19 heavy (non-hydrogen) atoms. The van der Waals surface area contributed by atoms with Gasteiger partial charge in [-0.05, 0) is 18.9 Å². The maximum atomic E-state index is 11.7. The minimum absolute atomic E-state index is 0.113. The number of ether oxygens (including phenoxy) is 1. The molecule has 1 aliphatic heterocycles. The number of nitrogens with one attached hydrogen (secondary N) is 1. The van der Waals surface area contributed by atoms with Crippen molar-refractivity contribution in [1.82, 2.24) is 5.32 Å². The summed E-state index contributed by atoms with van der Waals surface area (Å²) in [6.45, 7) is 1.58. The highest BCUT2D eigenvalue weighted by molar-refractivity contribution is 5.89. The first-order chi connectivity index (χ1) is 9.13. The van der Waals surface area contributed by atoms with Crippen LogP contribution in [0.5, 0.6) is 0 Å². The van der Waals surface area contributed by atoms with Gasteiger partial charge in [0.2, 0.25) is 0 Å². The minimum atomic E-state index is -0.400. The molecule has 2 atom stereocenters. The van der Waals surface area contributed by atoms with Crippen molar-refractivity contribution in [3.8, 4) is 0 Å². The van der Waals surface area contributed by atoms with Gasteiger partial charge in [0.25, 0.3) is 0 Å². The SMILES string of the molecule is COC(=O)C1=CC[C@H](C(C)=O)[C@H](c2ccccc2)N1. The van der Waals surface area contributed by atoms with Gasteiger partial charge < -0.3 is 10.1 Å². The second-order valence-electron chi connectivity index (χ2n) is 4.59. The average molecular weight is 259 g/mol. The lowest BCUT2D eigenvalue weighted by molar-refractivity contribution is -0.137. The zero-order chi connectivity index (χ0) is 13.8. The Morgan fingerprint density at radius 1 is 1.26 bits per heavy atom. The molecular weight excluding hydrogens is 242 g/mol. The van der Waals surface area contributed by atoms with Crippen molar-refractivity contribution in [2.45, 2.75) is 19.4 Å². The Morgan fingerprint density at radius 3 is 2.53 bits per heavy atom. The highest BCUT2D eigenvalue weighted by Crippen LogP contribution is 2.31. The van der Waals surface area contributed by atoms with Crippen LogP contribution in [0, 0.1) is 5.92 Å². The normalized spacial score (nSPS) is 22.1. The third-order valence-corrected chi connectivity index (χ3v) is 3.38.